The Balaban J connectivity index is 2.09. The van der Waals surface area contributed by atoms with Crippen LogP contribution in [0.4, 0.5) is 4.39 Å². The van der Waals surface area contributed by atoms with Gasteiger partial charge in [0.15, 0.2) is 0 Å². The average Bonchev–Trinajstić information content (AvgIpc) is 2.54. The summed E-state index contributed by atoms with van der Waals surface area (Å²) in [6, 6.07) is 10.0. The number of hydrogen-bond donors (Lipinski definition) is 2. The van der Waals surface area contributed by atoms with Crippen molar-refractivity contribution in [3.05, 3.63) is 65.0 Å². The van der Waals surface area contributed by atoms with Gasteiger partial charge in [-0.1, -0.05) is 12.1 Å². The Kier molecular flexibility index (Phi) is 4.95. The van der Waals surface area contributed by atoms with Gasteiger partial charge in [0.25, 0.3) is 11.8 Å². The molecule has 0 unspecified atom stereocenters. The van der Waals surface area contributed by atoms with Crippen LogP contribution in [-0.2, 0) is 6.54 Å². The molecule has 2 rings (SSSR count). The second-order valence-corrected chi connectivity index (χ2v) is 5.24. The van der Waals surface area contributed by atoms with E-state index in [9.17, 15) is 19.1 Å². The van der Waals surface area contributed by atoms with Gasteiger partial charge in [-0.15, -0.1) is 0 Å². The fourth-order valence-electron chi connectivity index (χ4n) is 2.04. The molecular weight excluding hydrogens is 299 g/mol. The lowest BCUT2D eigenvalue weighted by Gasteiger charge is -2.12. The number of carbonyl (C=O) groups is 2. The number of halogens is 1. The van der Waals surface area contributed by atoms with E-state index in [4.69, 9.17) is 0 Å². The second kappa shape index (κ2) is 6.91. The highest BCUT2D eigenvalue weighted by atomic mass is 19.1. The van der Waals surface area contributed by atoms with Crippen molar-refractivity contribution in [1.29, 1.82) is 0 Å². The summed E-state index contributed by atoms with van der Waals surface area (Å²) in [4.78, 5) is 25.4. The summed E-state index contributed by atoms with van der Waals surface area (Å²) >= 11 is 0. The first-order chi connectivity index (χ1) is 10.9. The van der Waals surface area contributed by atoms with E-state index >= 15 is 0 Å². The number of phenolic OH excluding ortho intramolecular Hbond substituents is 1. The molecule has 5 nitrogen and oxygen atoms in total. The molecule has 0 heterocycles. The molecule has 0 radical (unpaired) electrons. The van der Waals surface area contributed by atoms with Gasteiger partial charge < -0.3 is 15.3 Å². The maximum Gasteiger partial charge on any atom is 0.255 e. The average molecular weight is 316 g/mol. The molecule has 2 aromatic rings. The zero-order valence-electron chi connectivity index (χ0n) is 12.8. The van der Waals surface area contributed by atoms with Gasteiger partial charge in [-0.25, -0.2) is 4.39 Å². The molecular formula is C17H17FN2O3. The molecule has 23 heavy (non-hydrogen) atoms. The van der Waals surface area contributed by atoms with E-state index in [1.165, 1.54) is 4.90 Å². The highest BCUT2D eigenvalue weighted by Gasteiger charge is 2.13. The predicted molar refractivity (Wildman–Crippen MR) is 83.7 cm³/mol. The van der Waals surface area contributed by atoms with Gasteiger partial charge in [-0.3, -0.25) is 9.59 Å². The van der Waals surface area contributed by atoms with Crippen molar-refractivity contribution in [3.63, 3.8) is 0 Å². The van der Waals surface area contributed by atoms with Crippen molar-refractivity contribution in [1.82, 2.24) is 10.2 Å². The van der Waals surface area contributed by atoms with Crippen LogP contribution in [0.2, 0.25) is 0 Å². The van der Waals surface area contributed by atoms with Crippen molar-refractivity contribution in [2.24, 2.45) is 0 Å². The monoisotopic (exact) mass is 316 g/mol. The first-order valence-electron chi connectivity index (χ1n) is 6.96. The van der Waals surface area contributed by atoms with Gasteiger partial charge in [-0.05, 0) is 35.9 Å². The van der Waals surface area contributed by atoms with Crippen LogP contribution in [0.3, 0.4) is 0 Å². The summed E-state index contributed by atoms with van der Waals surface area (Å²) in [6.45, 7) is 0.156. The summed E-state index contributed by atoms with van der Waals surface area (Å²) in [7, 11) is 3.31. The summed E-state index contributed by atoms with van der Waals surface area (Å²) in [5.41, 5.74) is 1.10. The normalized spacial score (nSPS) is 10.2. The van der Waals surface area contributed by atoms with Gasteiger partial charge in [0, 0.05) is 26.2 Å². The molecule has 0 bridgehead atoms. The van der Waals surface area contributed by atoms with E-state index in [0.717, 1.165) is 23.8 Å². The molecule has 2 amide bonds. The zero-order valence-corrected chi connectivity index (χ0v) is 12.8. The SMILES string of the molecule is CN(C)C(=O)c1cccc(CNC(=O)c2cc(F)ccc2O)c1. The second-order valence-electron chi connectivity index (χ2n) is 5.24. The lowest BCUT2D eigenvalue weighted by atomic mass is 10.1. The van der Waals surface area contributed by atoms with Gasteiger partial charge in [0.2, 0.25) is 0 Å². The Bertz CT molecular complexity index is 744. The fraction of sp³-hybridized carbons (Fsp3) is 0.176. The Labute approximate surface area is 133 Å². The van der Waals surface area contributed by atoms with Crippen LogP contribution in [0, 0.1) is 5.82 Å². The molecule has 0 saturated heterocycles. The van der Waals surface area contributed by atoms with Crippen LogP contribution in [-0.4, -0.2) is 35.9 Å². The maximum atomic E-state index is 13.2. The minimum absolute atomic E-state index is 0.134. The van der Waals surface area contributed by atoms with Crippen LogP contribution >= 0.6 is 0 Å². The van der Waals surface area contributed by atoms with E-state index in [-0.39, 0.29) is 23.8 Å². The Morgan fingerprint density at radius 1 is 1.17 bits per heavy atom. The highest BCUT2D eigenvalue weighted by molar-refractivity contribution is 5.97. The third-order valence-corrected chi connectivity index (χ3v) is 3.24. The minimum Gasteiger partial charge on any atom is -0.507 e. The smallest absolute Gasteiger partial charge is 0.255 e. The number of nitrogens with one attached hydrogen (secondary N) is 1. The number of hydrogen-bond acceptors (Lipinski definition) is 3. The van der Waals surface area contributed by atoms with E-state index in [0.29, 0.717) is 5.56 Å². The van der Waals surface area contributed by atoms with Crippen molar-refractivity contribution in [2.75, 3.05) is 14.1 Å². The number of nitrogens with zero attached hydrogens (tertiary/aromatic N) is 1. The van der Waals surface area contributed by atoms with E-state index < -0.39 is 11.7 Å². The van der Waals surface area contributed by atoms with Crippen molar-refractivity contribution < 1.29 is 19.1 Å². The summed E-state index contributed by atoms with van der Waals surface area (Å²) in [5.74, 6) is -1.63. The number of rotatable bonds is 4. The minimum atomic E-state index is -0.605. The number of phenols is 1. The standard InChI is InChI=1S/C17H17FN2O3/c1-20(2)17(23)12-5-3-4-11(8-12)10-19-16(22)14-9-13(18)6-7-15(14)21/h3-9,21H,10H2,1-2H3,(H,19,22). The zero-order chi connectivity index (χ0) is 17.0. The van der Waals surface area contributed by atoms with Crippen LogP contribution < -0.4 is 5.32 Å². The van der Waals surface area contributed by atoms with E-state index in [2.05, 4.69) is 5.32 Å². The molecule has 0 atom stereocenters. The number of benzene rings is 2. The van der Waals surface area contributed by atoms with Crippen molar-refractivity contribution in [3.8, 4) is 5.75 Å². The lowest BCUT2D eigenvalue weighted by molar-refractivity contribution is 0.0827. The number of amides is 2. The molecule has 120 valence electrons. The lowest BCUT2D eigenvalue weighted by Crippen LogP contribution is -2.24. The summed E-state index contributed by atoms with van der Waals surface area (Å²) in [5, 5.41) is 12.2. The molecule has 2 aromatic carbocycles. The Hall–Kier alpha value is -2.89. The number of aromatic hydroxyl groups is 1. The number of carbonyl (C=O) groups excluding carboxylic acids is 2. The first-order valence-corrected chi connectivity index (χ1v) is 6.96. The maximum absolute atomic E-state index is 13.2. The molecule has 0 aliphatic carbocycles. The quantitative estimate of drug-likeness (QED) is 0.908. The molecule has 0 aromatic heterocycles. The largest absolute Gasteiger partial charge is 0.507 e. The third-order valence-electron chi connectivity index (χ3n) is 3.24. The van der Waals surface area contributed by atoms with Crippen LogP contribution in [0.15, 0.2) is 42.5 Å². The molecule has 0 aliphatic rings. The van der Waals surface area contributed by atoms with E-state index in [1.807, 2.05) is 0 Å². The summed E-state index contributed by atoms with van der Waals surface area (Å²) in [6.07, 6.45) is 0. The van der Waals surface area contributed by atoms with Crippen LogP contribution in [0.25, 0.3) is 0 Å². The third kappa shape index (κ3) is 4.06. The Morgan fingerprint density at radius 3 is 2.61 bits per heavy atom. The van der Waals surface area contributed by atoms with Gasteiger partial charge in [0.1, 0.15) is 11.6 Å². The molecule has 0 aliphatic heterocycles. The van der Waals surface area contributed by atoms with Crippen LogP contribution in [0.5, 0.6) is 5.75 Å². The molecule has 0 fully saturated rings. The van der Waals surface area contributed by atoms with Gasteiger partial charge >= 0.3 is 0 Å². The topological polar surface area (TPSA) is 69.6 Å². The van der Waals surface area contributed by atoms with Crippen molar-refractivity contribution in [2.45, 2.75) is 6.54 Å². The fourth-order valence-corrected chi connectivity index (χ4v) is 2.04. The molecule has 6 heteroatoms. The highest BCUT2D eigenvalue weighted by Crippen LogP contribution is 2.17. The van der Waals surface area contributed by atoms with Crippen LogP contribution in [0.1, 0.15) is 26.3 Å². The Morgan fingerprint density at radius 2 is 1.91 bits per heavy atom. The van der Waals surface area contributed by atoms with E-state index in [1.54, 1.807) is 38.4 Å². The van der Waals surface area contributed by atoms with Crippen molar-refractivity contribution >= 4 is 11.8 Å². The van der Waals surface area contributed by atoms with Gasteiger partial charge in [0.05, 0.1) is 5.56 Å². The first kappa shape index (κ1) is 16.5. The molecule has 0 spiro atoms. The predicted octanol–water partition coefficient (Wildman–Crippen LogP) is 2.16. The molecule has 0 saturated carbocycles. The van der Waals surface area contributed by atoms with Gasteiger partial charge in [-0.2, -0.15) is 0 Å². The summed E-state index contributed by atoms with van der Waals surface area (Å²) < 4.78 is 13.2. The molecule has 2 N–H and O–H groups in total.